The largest absolute Gasteiger partial charge is 0.349 e. The molecule has 1 aromatic rings. The van der Waals surface area contributed by atoms with Crippen molar-refractivity contribution in [1.82, 2.24) is 5.32 Å². The molecule has 4 heteroatoms. The minimum atomic E-state index is -0.403. The van der Waals surface area contributed by atoms with E-state index < -0.39 is 5.82 Å². The molecule has 1 saturated carbocycles. The fourth-order valence-electron chi connectivity index (χ4n) is 2.35. The van der Waals surface area contributed by atoms with E-state index in [0.29, 0.717) is 5.56 Å². The van der Waals surface area contributed by atoms with Crippen LogP contribution in [0.3, 0.4) is 0 Å². The Morgan fingerprint density at radius 3 is 2.67 bits per heavy atom. The number of rotatable bonds is 2. The summed E-state index contributed by atoms with van der Waals surface area (Å²) in [6.07, 6.45) is 4.32. The van der Waals surface area contributed by atoms with Crippen LogP contribution in [0.4, 0.5) is 4.39 Å². The summed E-state index contributed by atoms with van der Waals surface area (Å²) >= 11 is 3.12. The lowest BCUT2D eigenvalue weighted by atomic mass is 9.87. The molecular weight excluding hydrogens is 297 g/mol. The van der Waals surface area contributed by atoms with E-state index in [-0.39, 0.29) is 16.4 Å². The van der Waals surface area contributed by atoms with E-state index in [1.807, 2.05) is 0 Å². The van der Waals surface area contributed by atoms with Crippen molar-refractivity contribution in [2.24, 2.45) is 5.92 Å². The second kappa shape index (κ2) is 5.83. The number of nitrogens with one attached hydrogen (secondary N) is 1. The third-order valence-corrected chi connectivity index (χ3v) is 4.35. The smallest absolute Gasteiger partial charge is 0.252 e. The molecule has 0 aromatic heterocycles. The molecule has 2 rings (SSSR count). The molecule has 0 bridgehead atoms. The quantitative estimate of drug-likeness (QED) is 0.881. The summed E-state index contributed by atoms with van der Waals surface area (Å²) in [7, 11) is 0. The van der Waals surface area contributed by atoms with Crippen LogP contribution in [-0.4, -0.2) is 11.9 Å². The van der Waals surface area contributed by atoms with E-state index in [1.165, 1.54) is 6.07 Å². The Hall–Kier alpha value is -0.900. The molecule has 0 radical (unpaired) electrons. The number of amides is 1. The zero-order valence-corrected chi connectivity index (χ0v) is 12.0. The van der Waals surface area contributed by atoms with E-state index in [4.69, 9.17) is 0 Å². The number of halogens is 2. The van der Waals surface area contributed by atoms with Crippen LogP contribution in [0.15, 0.2) is 22.7 Å². The Labute approximate surface area is 115 Å². The van der Waals surface area contributed by atoms with Gasteiger partial charge in [-0.25, -0.2) is 4.39 Å². The van der Waals surface area contributed by atoms with Crippen LogP contribution in [0, 0.1) is 11.7 Å². The lowest BCUT2D eigenvalue weighted by Crippen LogP contribution is -2.37. The van der Waals surface area contributed by atoms with E-state index >= 15 is 0 Å². The van der Waals surface area contributed by atoms with E-state index in [2.05, 4.69) is 28.2 Å². The SMILES string of the molecule is CC1CCC(NC(=O)c2cccc(F)c2Br)CC1. The van der Waals surface area contributed by atoms with Crippen molar-refractivity contribution in [3.05, 3.63) is 34.1 Å². The number of hydrogen-bond donors (Lipinski definition) is 1. The molecule has 1 aromatic carbocycles. The molecule has 1 aliphatic carbocycles. The Morgan fingerprint density at radius 1 is 1.33 bits per heavy atom. The lowest BCUT2D eigenvalue weighted by Gasteiger charge is -2.27. The topological polar surface area (TPSA) is 29.1 Å². The summed E-state index contributed by atoms with van der Waals surface area (Å²) in [5.41, 5.74) is 0.369. The van der Waals surface area contributed by atoms with Gasteiger partial charge in [0.05, 0.1) is 10.0 Å². The van der Waals surface area contributed by atoms with Crippen LogP contribution in [0.25, 0.3) is 0 Å². The highest BCUT2D eigenvalue weighted by Crippen LogP contribution is 2.25. The van der Waals surface area contributed by atoms with Crippen molar-refractivity contribution in [1.29, 1.82) is 0 Å². The number of carbonyl (C=O) groups excluding carboxylic acids is 1. The van der Waals surface area contributed by atoms with Crippen LogP contribution in [0.2, 0.25) is 0 Å². The third kappa shape index (κ3) is 3.10. The maximum Gasteiger partial charge on any atom is 0.252 e. The molecular formula is C14H17BrFNO. The molecule has 98 valence electrons. The molecule has 0 saturated heterocycles. The molecule has 0 heterocycles. The minimum absolute atomic E-state index is 0.194. The second-order valence-electron chi connectivity index (χ2n) is 5.03. The van der Waals surface area contributed by atoms with E-state index in [9.17, 15) is 9.18 Å². The first-order valence-electron chi connectivity index (χ1n) is 6.33. The van der Waals surface area contributed by atoms with Gasteiger partial charge < -0.3 is 5.32 Å². The summed E-state index contributed by atoms with van der Waals surface area (Å²) in [5.74, 6) is 0.153. The highest BCUT2D eigenvalue weighted by atomic mass is 79.9. The predicted molar refractivity (Wildman–Crippen MR) is 73.0 cm³/mol. The van der Waals surface area contributed by atoms with Gasteiger partial charge in [0.1, 0.15) is 5.82 Å². The van der Waals surface area contributed by atoms with Gasteiger partial charge in [0.15, 0.2) is 0 Å². The second-order valence-corrected chi connectivity index (χ2v) is 5.82. The molecule has 1 fully saturated rings. The monoisotopic (exact) mass is 313 g/mol. The minimum Gasteiger partial charge on any atom is -0.349 e. The van der Waals surface area contributed by atoms with Crippen molar-refractivity contribution in [2.75, 3.05) is 0 Å². The van der Waals surface area contributed by atoms with Crippen LogP contribution in [0.1, 0.15) is 43.0 Å². The maximum atomic E-state index is 13.3. The van der Waals surface area contributed by atoms with Gasteiger partial charge in [0, 0.05) is 6.04 Å². The van der Waals surface area contributed by atoms with Crippen molar-refractivity contribution < 1.29 is 9.18 Å². The molecule has 0 atom stereocenters. The summed E-state index contributed by atoms with van der Waals surface area (Å²) in [6.45, 7) is 2.24. The van der Waals surface area contributed by atoms with Crippen molar-refractivity contribution >= 4 is 21.8 Å². The molecule has 1 N–H and O–H groups in total. The number of hydrogen-bond acceptors (Lipinski definition) is 1. The molecule has 0 spiro atoms. The van der Waals surface area contributed by atoms with Crippen LogP contribution < -0.4 is 5.32 Å². The Bertz CT molecular complexity index is 441. The first-order chi connectivity index (χ1) is 8.58. The van der Waals surface area contributed by atoms with Gasteiger partial charge in [0.2, 0.25) is 0 Å². The zero-order valence-electron chi connectivity index (χ0n) is 10.4. The Kier molecular flexibility index (Phi) is 4.38. The zero-order chi connectivity index (χ0) is 13.1. The Morgan fingerprint density at radius 2 is 2.00 bits per heavy atom. The highest BCUT2D eigenvalue weighted by Gasteiger charge is 2.21. The first-order valence-corrected chi connectivity index (χ1v) is 7.12. The van der Waals surface area contributed by atoms with Gasteiger partial charge in [-0.15, -0.1) is 0 Å². The van der Waals surface area contributed by atoms with Crippen molar-refractivity contribution in [3.63, 3.8) is 0 Å². The average Bonchev–Trinajstić information content (AvgIpc) is 2.35. The normalized spacial score (nSPS) is 23.7. The highest BCUT2D eigenvalue weighted by molar-refractivity contribution is 9.10. The van der Waals surface area contributed by atoms with Crippen molar-refractivity contribution in [2.45, 2.75) is 38.6 Å². The third-order valence-electron chi connectivity index (χ3n) is 3.55. The lowest BCUT2D eigenvalue weighted by molar-refractivity contribution is 0.0921. The molecule has 18 heavy (non-hydrogen) atoms. The van der Waals surface area contributed by atoms with Gasteiger partial charge in [-0.1, -0.05) is 13.0 Å². The van der Waals surface area contributed by atoms with Gasteiger partial charge in [-0.2, -0.15) is 0 Å². The summed E-state index contributed by atoms with van der Waals surface area (Å²) < 4.78 is 13.6. The number of carbonyl (C=O) groups is 1. The van der Waals surface area contributed by atoms with Gasteiger partial charge >= 0.3 is 0 Å². The van der Waals surface area contributed by atoms with Crippen LogP contribution in [-0.2, 0) is 0 Å². The maximum absolute atomic E-state index is 13.3. The molecule has 0 unspecified atom stereocenters. The first kappa shape index (κ1) is 13.5. The van der Waals surface area contributed by atoms with Gasteiger partial charge in [-0.3, -0.25) is 4.79 Å². The molecule has 1 amide bonds. The van der Waals surface area contributed by atoms with Gasteiger partial charge in [0.25, 0.3) is 5.91 Å². The summed E-state index contributed by atoms with van der Waals surface area (Å²) in [6, 6.07) is 4.75. The van der Waals surface area contributed by atoms with E-state index in [1.54, 1.807) is 12.1 Å². The number of benzene rings is 1. The molecule has 2 nitrogen and oxygen atoms in total. The predicted octanol–water partition coefficient (Wildman–Crippen LogP) is 3.90. The standard InChI is InChI=1S/C14H17BrFNO/c1-9-5-7-10(8-6-9)17-14(18)11-3-2-4-12(16)13(11)15/h2-4,9-10H,5-8H2,1H3,(H,17,18). The molecule has 0 aliphatic heterocycles. The fraction of sp³-hybridized carbons (Fsp3) is 0.500. The van der Waals surface area contributed by atoms with Crippen LogP contribution >= 0.6 is 15.9 Å². The summed E-state index contributed by atoms with van der Waals surface area (Å²) in [5, 5.41) is 2.99. The van der Waals surface area contributed by atoms with E-state index in [0.717, 1.165) is 31.6 Å². The average molecular weight is 314 g/mol. The van der Waals surface area contributed by atoms with Gasteiger partial charge in [-0.05, 0) is 59.7 Å². The van der Waals surface area contributed by atoms with Crippen LogP contribution in [0.5, 0.6) is 0 Å². The molecule has 1 aliphatic rings. The van der Waals surface area contributed by atoms with Crippen molar-refractivity contribution in [3.8, 4) is 0 Å². The fourth-order valence-corrected chi connectivity index (χ4v) is 2.79. The summed E-state index contributed by atoms with van der Waals surface area (Å²) in [4.78, 5) is 12.1. The Balaban J connectivity index is 2.01.